The number of ether oxygens (including phenoxy) is 2. The van der Waals surface area contributed by atoms with Gasteiger partial charge in [0.05, 0.1) is 18.1 Å². The van der Waals surface area contributed by atoms with Crippen LogP contribution in [0.3, 0.4) is 0 Å². The molecule has 106 valence electrons. The molecule has 1 saturated carbocycles. The maximum absolute atomic E-state index is 11.8. The fourth-order valence-corrected chi connectivity index (χ4v) is 3.46. The van der Waals surface area contributed by atoms with E-state index in [-0.39, 0.29) is 24.0 Å². The van der Waals surface area contributed by atoms with Crippen molar-refractivity contribution in [2.24, 2.45) is 11.8 Å². The molecular formula is C13H20N2O4. The summed E-state index contributed by atoms with van der Waals surface area (Å²) in [4.78, 5) is 23.1. The second-order valence-corrected chi connectivity index (χ2v) is 5.55. The van der Waals surface area contributed by atoms with Crippen molar-refractivity contribution in [3.05, 3.63) is 0 Å². The Morgan fingerprint density at radius 3 is 2.95 bits per heavy atom. The quantitative estimate of drug-likeness (QED) is 0.775. The third-order valence-corrected chi connectivity index (χ3v) is 4.37. The Labute approximate surface area is 112 Å². The van der Waals surface area contributed by atoms with Crippen LogP contribution in [0.1, 0.15) is 32.6 Å². The van der Waals surface area contributed by atoms with Crippen LogP contribution in [-0.4, -0.2) is 37.0 Å². The molecule has 5 unspecified atom stereocenters. The van der Waals surface area contributed by atoms with Gasteiger partial charge in [0.2, 0.25) is 5.91 Å². The molecule has 2 heterocycles. The minimum atomic E-state index is -0.470. The Hall–Kier alpha value is -1.14. The summed E-state index contributed by atoms with van der Waals surface area (Å²) in [6.45, 7) is 2.71. The van der Waals surface area contributed by atoms with E-state index in [0.717, 1.165) is 25.7 Å². The van der Waals surface area contributed by atoms with Crippen LogP contribution >= 0.6 is 0 Å². The van der Waals surface area contributed by atoms with Crippen LogP contribution in [0.2, 0.25) is 0 Å². The second kappa shape index (κ2) is 5.09. The molecule has 3 rings (SSSR count). The molecule has 0 aromatic heterocycles. The van der Waals surface area contributed by atoms with Gasteiger partial charge in [0.1, 0.15) is 6.23 Å². The first-order valence-electron chi connectivity index (χ1n) is 7.05. The monoisotopic (exact) mass is 268 g/mol. The first-order valence-corrected chi connectivity index (χ1v) is 7.05. The molecule has 19 heavy (non-hydrogen) atoms. The van der Waals surface area contributed by atoms with E-state index >= 15 is 0 Å². The second-order valence-electron chi connectivity index (χ2n) is 5.55. The van der Waals surface area contributed by atoms with E-state index in [1.54, 1.807) is 0 Å². The number of hydrogen-bond donors (Lipinski definition) is 2. The highest BCUT2D eigenvalue weighted by Gasteiger charge is 2.46. The molecule has 3 amide bonds. The van der Waals surface area contributed by atoms with Gasteiger partial charge in [0.15, 0.2) is 0 Å². The highest BCUT2D eigenvalue weighted by Crippen LogP contribution is 2.39. The predicted octanol–water partition coefficient (Wildman–Crippen LogP) is 0.762. The zero-order valence-electron chi connectivity index (χ0n) is 11.1. The zero-order valence-corrected chi connectivity index (χ0v) is 11.1. The lowest BCUT2D eigenvalue weighted by molar-refractivity contribution is -0.171. The Balaban J connectivity index is 1.67. The van der Waals surface area contributed by atoms with Gasteiger partial charge in [-0.2, -0.15) is 0 Å². The number of amides is 3. The van der Waals surface area contributed by atoms with E-state index in [4.69, 9.17) is 9.47 Å². The van der Waals surface area contributed by atoms with Crippen LogP contribution in [0.15, 0.2) is 0 Å². The molecule has 6 nitrogen and oxygen atoms in total. The van der Waals surface area contributed by atoms with E-state index in [1.807, 2.05) is 6.92 Å². The fraction of sp³-hybridized carbons (Fsp3) is 0.846. The molecule has 1 aliphatic carbocycles. The summed E-state index contributed by atoms with van der Waals surface area (Å²) in [6.07, 6.45) is 3.58. The van der Waals surface area contributed by atoms with Gasteiger partial charge in [0, 0.05) is 13.0 Å². The Bertz CT molecular complexity index is 387. The molecular weight excluding hydrogens is 248 g/mol. The number of rotatable bonds is 2. The molecule has 0 aromatic carbocycles. The summed E-state index contributed by atoms with van der Waals surface area (Å²) >= 11 is 0. The summed E-state index contributed by atoms with van der Waals surface area (Å²) in [6, 6.07) is -0.457. The van der Waals surface area contributed by atoms with Crippen molar-refractivity contribution in [2.75, 3.05) is 6.61 Å². The number of fused-ring (bicyclic) bond motifs is 2. The van der Waals surface area contributed by atoms with Gasteiger partial charge in [-0.3, -0.25) is 10.1 Å². The molecule has 0 spiro atoms. The smallest absolute Gasteiger partial charge is 0.323 e. The SMILES string of the molecule is CCOC1CCC2CC3C(=O)NC(=O)NC3OC2C1. The molecule has 3 fully saturated rings. The highest BCUT2D eigenvalue weighted by molar-refractivity contribution is 5.98. The lowest BCUT2D eigenvalue weighted by atomic mass is 9.76. The Kier molecular flexibility index (Phi) is 3.45. The Morgan fingerprint density at radius 2 is 2.16 bits per heavy atom. The van der Waals surface area contributed by atoms with Crippen LogP contribution < -0.4 is 10.6 Å². The third-order valence-electron chi connectivity index (χ3n) is 4.37. The maximum Gasteiger partial charge on any atom is 0.323 e. The molecule has 6 heteroatoms. The van der Waals surface area contributed by atoms with Gasteiger partial charge in [-0.25, -0.2) is 4.79 Å². The van der Waals surface area contributed by atoms with E-state index in [9.17, 15) is 9.59 Å². The summed E-state index contributed by atoms with van der Waals surface area (Å²) < 4.78 is 11.6. The van der Waals surface area contributed by atoms with Gasteiger partial charge in [-0.15, -0.1) is 0 Å². The minimum absolute atomic E-state index is 0.0951. The van der Waals surface area contributed by atoms with Crippen LogP contribution in [0.4, 0.5) is 4.79 Å². The molecule has 0 bridgehead atoms. The van der Waals surface area contributed by atoms with Gasteiger partial charge in [0.25, 0.3) is 0 Å². The number of nitrogens with one attached hydrogen (secondary N) is 2. The van der Waals surface area contributed by atoms with E-state index in [2.05, 4.69) is 10.6 Å². The number of carbonyl (C=O) groups is 2. The van der Waals surface area contributed by atoms with Crippen molar-refractivity contribution < 1.29 is 19.1 Å². The van der Waals surface area contributed by atoms with Gasteiger partial charge >= 0.3 is 6.03 Å². The van der Waals surface area contributed by atoms with Crippen molar-refractivity contribution in [3.8, 4) is 0 Å². The predicted molar refractivity (Wildman–Crippen MR) is 66.2 cm³/mol. The largest absolute Gasteiger partial charge is 0.378 e. The van der Waals surface area contributed by atoms with E-state index < -0.39 is 12.3 Å². The van der Waals surface area contributed by atoms with Crippen molar-refractivity contribution in [1.29, 1.82) is 0 Å². The number of urea groups is 1. The lowest BCUT2D eigenvalue weighted by Gasteiger charge is -2.46. The standard InChI is InChI=1S/C13H20N2O4/c1-2-18-8-4-3-7-5-9-11(16)14-13(17)15-12(9)19-10(7)6-8/h7-10,12H,2-6H2,1H3,(H2,14,15,16,17). The normalized spacial score (nSPS) is 41.8. The molecule has 0 radical (unpaired) electrons. The topological polar surface area (TPSA) is 76.7 Å². The average Bonchev–Trinajstić information content (AvgIpc) is 2.37. The zero-order chi connectivity index (χ0) is 13.4. The lowest BCUT2D eigenvalue weighted by Crippen LogP contribution is -2.63. The molecule has 5 atom stereocenters. The number of carbonyl (C=O) groups excluding carboxylic acids is 2. The third kappa shape index (κ3) is 2.47. The van der Waals surface area contributed by atoms with Crippen LogP contribution in [-0.2, 0) is 14.3 Å². The summed E-state index contributed by atoms with van der Waals surface area (Å²) in [7, 11) is 0. The molecule has 2 aliphatic heterocycles. The molecule has 3 aliphatic rings. The van der Waals surface area contributed by atoms with Gasteiger partial charge in [-0.1, -0.05) is 0 Å². The summed E-state index contributed by atoms with van der Waals surface area (Å²) in [5.41, 5.74) is 0. The highest BCUT2D eigenvalue weighted by atomic mass is 16.5. The van der Waals surface area contributed by atoms with Gasteiger partial charge in [-0.05, 0) is 32.1 Å². The minimum Gasteiger partial charge on any atom is -0.378 e. The van der Waals surface area contributed by atoms with Crippen LogP contribution in [0.25, 0.3) is 0 Å². The Morgan fingerprint density at radius 1 is 1.32 bits per heavy atom. The summed E-state index contributed by atoms with van der Waals surface area (Å²) in [5, 5.41) is 5.00. The van der Waals surface area contributed by atoms with Crippen molar-refractivity contribution in [3.63, 3.8) is 0 Å². The van der Waals surface area contributed by atoms with E-state index in [0.29, 0.717) is 12.5 Å². The van der Waals surface area contributed by atoms with E-state index in [1.165, 1.54) is 0 Å². The molecule has 2 N–H and O–H groups in total. The fourth-order valence-electron chi connectivity index (χ4n) is 3.46. The van der Waals surface area contributed by atoms with Crippen LogP contribution in [0, 0.1) is 11.8 Å². The van der Waals surface area contributed by atoms with Crippen LogP contribution in [0.5, 0.6) is 0 Å². The molecule has 2 saturated heterocycles. The number of hydrogen-bond acceptors (Lipinski definition) is 4. The van der Waals surface area contributed by atoms with Crippen molar-refractivity contribution in [2.45, 2.75) is 51.0 Å². The summed E-state index contributed by atoms with van der Waals surface area (Å²) in [5.74, 6) is -0.0552. The van der Waals surface area contributed by atoms with Gasteiger partial charge < -0.3 is 14.8 Å². The first kappa shape index (κ1) is 12.9. The maximum atomic E-state index is 11.8. The number of imide groups is 1. The van der Waals surface area contributed by atoms with Crippen molar-refractivity contribution in [1.82, 2.24) is 10.6 Å². The van der Waals surface area contributed by atoms with Crippen molar-refractivity contribution >= 4 is 11.9 Å². The average molecular weight is 268 g/mol. The first-order chi connectivity index (χ1) is 9.17. The molecule has 0 aromatic rings.